The zero-order chi connectivity index (χ0) is 7.28. The summed E-state index contributed by atoms with van der Waals surface area (Å²) in [6, 6.07) is 0. The molecule has 0 unspecified atom stereocenters. The lowest BCUT2D eigenvalue weighted by Crippen LogP contribution is -2.19. The molecule has 1 amide bonds. The Morgan fingerprint density at radius 3 is 2.67 bits per heavy atom. The van der Waals surface area contributed by atoms with Gasteiger partial charge < -0.3 is 4.74 Å². The fraction of sp³-hybridized carbons (Fsp3) is 0.500. The number of carbonyl (C=O) groups is 1. The van der Waals surface area contributed by atoms with Crippen LogP contribution in [-0.2, 0) is 9.53 Å². The van der Waals surface area contributed by atoms with Crippen LogP contribution >= 0.6 is 0 Å². The molecule has 0 radical (unpaired) electrons. The van der Waals surface area contributed by atoms with E-state index in [1.165, 1.54) is 6.92 Å². The maximum Gasteiger partial charge on any atom is 0.223 e. The molecular formula is C6H11NO2. The molecule has 0 saturated carbocycles. The molecule has 0 heterocycles. The van der Waals surface area contributed by atoms with Gasteiger partial charge in [0.25, 0.3) is 0 Å². The molecule has 0 saturated heterocycles. The lowest BCUT2D eigenvalue weighted by molar-refractivity contribution is -0.119. The van der Waals surface area contributed by atoms with Crippen LogP contribution in [0.15, 0.2) is 12.5 Å². The van der Waals surface area contributed by atoms with Crippen molar-refractivity contribution in [3.05, 3.63) is 12.5 Å². The molecule has 9 heavy (non-hydrogen) atoms. The Kier molecular flexibility index (Phi) is 3.51. The molecule has 0 aliphatic carbocycles. The third-order valence-corrected chi connectivity index (χ3v) is 0.634. The lowest BCUT2D eigenvalue weighted by atomic mass is 10.7. The molecule has 0 rings (SSSR count). The van der Waals surface area contributed by atoms with Crippen molar-refractivity contribution in [1.82, 2.24) is 5.32 Å². The molecule has 0 spiro atoms. The summed E-state index contributed by atoms with van der Waals surface area (Å²) < 4.78 is 4.83. The van der Waals surface area contributed by atoms with Gasteiger partial charge in [-0.05, 0) is 13.5 Å². The largest absolute Gasteiger partial charge is 0.480 e. The Balaban J connectivity index is 3.39. The van der Waals surface area contributed by atoms with E-state index in [0.29, 0.717) is 12.5 Å². The molecule has 0 fully saturated rings. The molecule has 0 aromatic carbocycles. The van der Waals surface area contributed by atoms with E-state index in [4.69, 9.17) is 4.74 Å². The van der Waals surface area contributed by atoms with E-state index < -0.39 is 0 Å². The Morgan fingerprint density at radius 2 is 2.33 bits per heavy atom. The second kappa shape index (κ2) is 3.95. The third-order valence-electron chi connectivity index (χ3n) is 0.634. The lowest BCUT2D eigenvalue weighted by Gasteiger charge is -2.04. The standard InChI is InChI=1S/C6H11NO2/c1-4-9-6(3)7-5(2)8/h3-4H2,1-2H3,(H,7,8). The summed E-state index contributed by atoms with van der Waals surface area (Å²) in [5.74, 6) is 0.151. The van der Waals surface area contributed by atoms with E-state index in [0.717, 1.165) is 0 Å². The van der Waals surface area contributed by atoms with Gasteiger partial charge in [-0.15, -0.1) is 0 Å². The fourth-order valence-electron chi connectivity index (χ4n) is 0.407. The van der Waals surface area contributed by atoms with Gasteiger partial charge in [-0.25, -0.2) is 0 Å². The molecule has 0 aromatic heterocycles. The predicted molar refractivity (Wildman–Crippen MR) is 34.6 cm³/mol. The first-order valence-electron chi connectivity index (χ1n) is 2.76. The van der Waals surface area contributed by atoms with E-state index in [1.54, 1.807) is 0 Å². The summed E-state index contributed by atoms with van der Waals surface area (Å²) in [5, 5.41) is 2.39. The highest BCUT2D eigenvalue weighted by molar-refractivity contribution is 5.74. The average Bonchev–Trinajstić information content (AvgIpc) is 1.63. The molecule has 1 N–H and O–H groups in total. The second-order valence-corrected chi connectivity index (χ2v) is 1.54. The van der Waals surface area contributed by atoms with Crippen molar-refractivity contribution in [1.29, 1.82) is 0 Å². The minimum absolute atomic E-state index is 0.159. The molecular weight excluding hydrogens is 118 g/mol. The van der Waals surface area contributed by atoms with Gasteiger partial charge in [-0.1, -0.05) is 0 Å². The van der Waals surface area contributed by atoms with Crippen LogP contribution in [0, 0.1) is 0 Å². The first kappa shape index (κ1) is 8.01. The smallest absolute Gasteiger partial charge is 0.223 e. The molecule has 0 atom stereocenters. The van der Waals surface area contributed by atoms with Gasteiger partial charge in [0, 0.05) is 6.92 Å². The Hall–Kier alpha value is -0.990. The number of nitrogens with one attached hydrogen (secondary N) is 1. The van der Waals surface area contributed by atoms with Gasteiger partial charge in [0.05, 0.1) is 6.61 Å². The molecule has 0 bridgehead atoms. The van der Waals surface area contributed by atoms with Crippen molar-refractivity contribution < 1.29 is 9.53 Å². The van der Waals surface area contributed by atoms with Crippen LogP contribution in [0.25, 0.3) is 0 Å². The number of ether oxygens (including phenoxy) is 1. The van der Waals surface area contributed by atoms with Gasteiger partial charge in [-0.2, -0.15) is 0 Å². The van der Waals surface area contributed by atoms with Crippen molar-refractivity contribution in [2.24, 2.45) is 0 Å². The topological polar surface area (TPSA) is 38.3 Å². The first-order chi connectivity index (χ1) is 4.16. The summed E-state index contributed by atoms with van der Waals surface area (Å²) in [4.78, 5) is 10.3. The highest BCUT2D eigenvalue weighted by atomic mass is 16.5. The minimum Gasteiger partial charge on any atom is -0.480 e. The molecule has 3 nitrogen and oxygen atoms in total. The highest BCUT2D eigenvalue weighted by Gasteiger charge is 1.92. The summed E-state index contributed by atoms with van der Waals surface area (Å²) >= 11 is 0. The van der Waals surface area contributed by atoms with Crippen molar-refractivity contribution in [3.63, 3.8) is 0 Å². The maximum absolute atomic E-state index is 10.3. The van der Waals surface area contributed by atoms with Gasteiger partial charge >= 0.3 is 0 Å². The first-order valence-corrected chi connectivity index (χ1v) is 2.76. The maximum atomic E-state index is 10.3. The quantitative estimate of drug-likeness (QED) is 0.567. The highest BCUT2D eigenvalue weighted by Crippen LogP contribution is 1.84. The molecule has 0 aliphatic rings. The number of carbonyl (C=O) groups excluding carboxylic acids is 1. The van der Waals surface area contributed by atoms with E-state index in [2.05, 4.69) is 11.9 Å². The van der Waals surface area contributed by atoms with Gasteiger partial charge in [0.15, 0.2) is 5.88 Å². The van der Waals surface area contributed by atoms with Crippen LogP contribution in [0.1, 0.15) is 13.8 Å². The zero-order valence-electron chi connectivity index (χ0n) is 5.73. The van der Waals surface area contributed by atoms with Crippen LogP contribution < -0.4 is 5.32 Å². The normalized spacial score (nSPS) is 8.22. The van der Waals surface area contributed by atoms with Crippen LogP contribution in [0.4, 0.5) is 0 Å². The van der Waals surface area contributed by atoms with Crippen LogP contribution in [-0.4, -0.2) is 12.5 Å². The van der Waals surface area contributed by atoms with Crippen molar-refractivity contribution in [3.8, 4) is 0 Å². The molecule has 0 aromatic rings. The number of hydrogen-bond acceptors (Lipinski definition) is 2. The van der Waals surface area contributed by atoms with E-state index >= 15 is 0 Å². The molecule has 0 aliphatic heterocycles. The average molecular weight is 129 g/mol. The monoisotopic (exact) mass is 129 g/mol. The van der Waals surface area contributed by atoms with E-state index in [1.807, 2.05) is 6.92 Å². The summed E-state index contributed by atoms with van der Waals surface area (Å²) in [7, 11) is 0. The third kappa shape index (κ3) is 4.87. The van der Waals surface area contributed by atoms with Crippen LogP contribution in [0.2, 0.25) is 0 Å². The van der Waals surface area contributed by atoms with Gasteiger partial charge in [0.1, 0.15) is 0 Å². The van der Waals surface area contributed by atoms with E-state index in [-0.39, 0.29) is 5.91 Å². The van der Waals surface area contributed by atoms with Gasteiger partial charge in [0.2, 0.25) is 5.91 Å². The van der Waals surface area contributed by atoms with Crippen LogP contribution in [0.3, 0.4) is 0 Å². The molecule has 52 valence electrons. The molecule has 3 heteroatoms. The SMILES string of the molecule is C=C(NC(C)=O)OCC. The number of rotatable bonds is 3. The number of amides is 1. The fourth-order valence-corrected chi connectivity index (χ4v) is 0.407. The van der Waals surface area contributed by atoms with E-state index in [9.17, 15) is 4.79 Å². The summed E-state index contributed by atoms with van der Waals surface area (Å²) in [6.45, 7) is 7.19. The van der Waals surface area contributed by atoms with Crippen molar-refractivity contribution in [2.45, 2.75) is 13.8 Å². The predicted octanol–water partition coefficient (Wildman–Crippen LogP) is 0.630. The van der Waals surface area contributed by atoms with Crippen molar-refractivity contribution in [2.75, 3.05) is 6.61 Å². The Bertz CT molecular complexity index is 120. The van der Waals surface area contributed by atoms with Gasteiger partial charge in [-0.3, -0.25) is 10.1 Å². The minimum atomic E-state index is -0.159. The number of hydrogen-bond donors (Lipinski definition) is 1. The second-order valence-electron chi connectivity index (χ2n) is 1.54. The van der Waals surface area contributed by atoms with Crippen LogP contribution in [0.5, 0.6) is 0 Å². The summed E-state index contributed by atoms with van der Waals surface area (Å²) in [5.41, 5.74) is 0. The Labute approximate surface area is 54.7 Å². The summed E-state index contributed by atoms with van der Waals surface area (Å²) in [6.07, 6.45) is 0. The Morgan fingerprint density at radius 1 is 1.78 bits per heavy atom. The van der Waals surface area contributed by atoms with Crippen molar-refractivity contribution >= 4 is 5.91 Å². The zero-order valence-corrected chi connectivity index (χ0v) is 5.73.